The van der Waals surface area contributed by atoms with Crippen molar-refractivity contribution in [2.75, 3.05) is 30.5 Å². The van der Waals surface area contributed by atoms with Crippen LogP contribution in [0.25, 0.3) is 0 Å². The molecule has 2 N–H and O–H groups in total. The highest BCUT2D eigenvalue weighted by Gasteiger charge is 2.28. The van der Waals surface area contributed by atoms with Crippen LogP contribution in [-0.2, 0) is 16.1 Å². The zero-order chi connectivity index (χ0) is 19.4. The Bertz CT molecular complexity index is 830. The van der Waals surface area contributed by atoms with Crippen LogP contribution in [0.5, 0.6) is 0 Å². The Labute approximate surface area is 160 Å². The zero-order valence-electron chi connectivity index (χ0n) is 16.1. The highest BCUT2D eigenvalue weighted by Crippen LogP contribution is 2.30. The number of anilines is 2. The Balaban J connectivity index is 1.64. The lowest BCUT2D eigenvalue weighted by Gasteiger charge is -2.34. The minimum Gasteiger partial charge on any atom is -0.384 e. The van der Waals surface area contributed by atoms with Crippen LogP contribution in [-0.4, -0.2) is 38.5 Å². The summed E-state index contributed by atoms with van der Waals surface area (Å²) in [6.07, 6.45) is 1.92. The molecule has 0 bridgehead atoms. The summed E-state index contributed by atoms with van der Waals surface area (Å²) in [6, 6.07) is 15.8. The van der Waals surface area contributed by atoms with Gasteiger partial charge >= 0.3 is 0 Å². The first-order valence-electron chi connectivity index (χ1n) is 9.10. The molecule has 6 heteroatoms. The van der Waals surface area contributed by atoms with E-state index in [9.17, 15) is 4.79 Å². The molecular weight excluding hydrogens is 340 g/mol. The van der Waals surface area contributed by atoms with Crippen molar-refractivity contribution in [1.82, 2.24) is 0 Å². The Kier molecular flexibility index (Phi) is 5.64. The molecule has 1 amide bonds. The number of fused-ring (bicyclic) bond motifs is 1. The summed E-state index contributed by atoms with van der Waals surface area (Å²) in [7, 11) is 3.95. The van der Waals surface area contributed by atoms with Crippen molar-refractivity contribution in [2.24, 2.45) is 10.9 Å². The number of nitrogens with zero attached hydrogens (tertiary/aromatic N) is 3. The van der Waals surface area contributed by atoms with Crippen LogP contribution in [0, 0.1) is 0 Å². The smallest absolute Gasteiger partial charge is 0.268 e. The lowest BCUT2D eigenvalue weighted by atomic mass is 9.96. The van der Waals surface area contributed by atoms with Crippen molar-refractivity contribution < 1.29 is 9.63 Å². The number of aryl methyl sites for hydroxylation is 1. The first-order valence-corrected chi connectivity index (χ1v) is 9.10. The number of amides is 1. The van der Waals surface area contributed by atoms with Crippen molar-refractivity contribution in [3.05, 3.63) is 59.7 Å². The fourth-order valence-electron chi connectivity index (χ4n) is 3.28. The Hall–Kier alpha value is -3.02. The molecule has 6 nitrogen and oxygen atoms in total. The third-order valence-corrected chi connectivity index (χ3v) is 4.82. The van der Waals surface area contributed by atoms with Gasteiger partial charge in [0.2, 0.25) is 0 Å². The van der Waals surface area contributed by atoms with Gasteiger partial charge in [-0.15, -0.1) is 0 Å². The number of hydrogen-bond acceptors (Lipinski definition) is 4. The molecule has 27 heavy (non-hydrogen) atoms. The predicted octanol–water partition coefficient (Wildman–Crippen LogP) is 2.76. The van der Waals surface area contributed by atoms with Crippen molar-refractivity contribution in [1.29, 1.82) is 0 Å². The molecule has 1 aliphatic rings. The van der Waals surface area contributed by atoms with E-state index in [-0.39, 0.29) is 24.4 Å². The summed E-state index contributed by atoms with van der Waals surface area (Å²) in [5.74, 6) is 0.134. The van der Waals surface area contributed by atoms with Crippen molar-refractivity contribution >= 4 is 23.1 Å². The molecule has 0 saturated heterocycles. The summed E-state index contributed by atoms with van der Waals surface area (Å²) >= 11 is 0. The Morgan fingerprint density at radius 3 is 2.63 bits per heavy atom. The molecule has 1 unspecified atom stereocenters. The second-order valence-electron chi connectivity index (χ2n) is 6.97. The zero-order valence-corrected chi connectivity index (χ0v) is 16.1. The maximum atomic E-state index is 12.7. The molecule has 0 saturated carbocycles. The van der Waals surface area contributed by atoms with E-state index in [1.807, 2.05) is 61.5 Å². The molecule has 0 spiro atoms. The summed E-state index contributed by atoms with van der Waals surface area (Å²) < 4.78 is 0. The molecule has 1 atom stereocenters. The topological polar surface area (TPSA) is 71.2 Å². The molecule has 3 rings (SSSR count). The number of benzene rings is 2. The summed E-state index contributed by atoms with van der Waals surface area (Å²) in [6.45, 7) is 1.91. The minimum absolute atomic E-state index is 0.117. The van der Waals surface area contributed by atoms with Gasteiger partial charge in [0.25, 0.3) is 5.91 Å². The van der Waals surface area contributed by atoms with Gasteiger partial charge < -0.3 is 20.4 Å². The van der Waals surface area contributed by atoms with Crippen LogP contribution in [0.2, 0.25) is 0 Å². The van der Waals surface area contributed by atoms with E-state index < -0.39 is 0 Å². The fourth-order valence-corrected chi connectivity index (χ4v) is 3.28. The number of amidine groups is 1. The second-order valence-corrected chi connectivity index (χ2v) is 6.97. The van der Waals surface area contributed by atoms with E-state index in [1.165, 1.54) is 5.56 Å². The number of oxime groups is 1. The number of hydrogen-bond donors (Lipinski definition) is 1. The van der Waals surface area contributed by atoms with Crippen LogP contribution in [0.15, 0.2) is 53.7 Å². The van der Waals surface area contributed by atoms with Gasteiger partial charge in [0, 0.05) is 37.1 Å². The van der Waals surface area contributed by atoms with Gasteiger partial charge in [-0.3, -0.25) is 4.79 Å². The normalized spacial score (nSPS) is 16.6. The van der Waals surface area contributed by atoms with Crippen LogP contribution >= 0.6 is 0 Å². The van der Waals surface area contributed by atoms with Gasteiger partial charge in [-0.2, -0.15) is 0 Å². The molecule has 0 fully saturated rings. The van der Waals surface area contributed by atoms with Crippen LogP contribution < -0.4 is 15.5 Å². The Morgan fingerprint density at radius 2 is 1.93 bits per heavy atom. The molecule has 0 radical (unpaired) electrons. The van der Waals surface area contributed by atoms with Crippen molar-refractivity contribution in [3.8, 4) is 0 Å². The van der Waals surface area contributed by atoms with Crippen molar-refractivity contribution in [3.63, 3.8) is 0 Å². The third-order valence-electron chi connectivity index (χ3n) is 4.82. The van der Waals surface area contributed by atoms with Crippen LogP contribution in [0.1, 0.15) is 24.5 Å². The maximum absolute atomic E-state index is 12.7. The predicted molar refractivity (Wildman–Crippen MR) is 109 cm³/mol. The average Bonchev–Trinajstić information content (AvgIpc) is 2.67. The molecule has 1 aliphatic heterocycles. The van der Waals surface area contributed by atoms with E-state index in [2.05, 4.69) is 18.1 Å². The van der Waals surface area contributed by atoms with Crippen LogP contribution in [0.3, 0.4) is 0 Å². The molecule has 2 aromatic rings. The van der Waals surface area contributed by atoms with E-state index >= 15 is 0 Å². The summed E-state index contributed by atoms with van der Waals surface area (Å²) in [5.41, 5.74) is 9.95. The van der Waals surface area contributed by atoms with E-state index in [4.69, 9.17) is 10.6 Å². The highest BCUT2D eigenvalue weighted by atomic mass is 16.6. The van der Waals surface area contributed by atoms with Gasteiger partial charge in [0.15, 0.2) is 12.4 Å². The van der Waals surface area contributed by atoms with Gasteiger partial charge in [0.05, 0.1) is 0 Å². The van der Waals surface area contributed by atoms with E-state index in [0.29, 0.717) is 0 Å². The molecular formula is C21H26N4O2. The third kappa shape index (κ3) is 4.22. The first-order chi connectivity index (χ1) is 13.0. The largest absolute Gasteiger partial charge is 0.384 e. The molecule has 1 heterocycles. The molecule has 0 aromatic heterocycles. The monoisotopic (exact) mass is 366 g/mol. The minimum atomic E-state index is -0.144. The molecule has 2 aromatic carbocycles. The number of para-hydroxylation sites is 1. The van der Waals surface area contributed by atoms with Crippen molar-refractivity contribution in [2.45, 2.75) is 25.8 Å². The standard InChI is InChI=1S/C21H26N4O2/c1-15-8-9-16-6-4-5-7-19(16)25(15)20(26)14-27-23-21(22)17-10-12-18(13-11-17)24(2)3/h4-7,10-13,15H,8-9,14H2,1-3H3,(H2,22,23). The average molecular weight is 366 g/mol. The lowest BCUT2D eigenvalue weighted by molar-refractivity contribution is -0.123. The quantitative estimate of drug-likeness (QED) is 0.502. The van der Waals surface area contributed by atoms with Gasteiger partial charge in [-0.05, 0) is 55.7 Å². The lowest BCUT2D eigenvalue weighted by Crippen LogP contribution is -2.43. The summed E-state index contributed by atoms with van der Waals surface area (Å²) in [5, 5.41) is 3.92. The highest BCUT2D eigenvalue weighted by molar-refractivity contribution is 5.98. The molecule has 0 aliphatic carbocycles. The van der Waals surface area contributed by atoms with Gasteiger partial charge in [-0.25, -0.2) is 0 Å². The van der Waals surface area contributed by atoms with E-state index in [0.717, 1.165) is 29.8 Å². The van der Waals surface area contributed by atoms with Gasteiger partial charge in [0.1, 0.15) is 0 Å². The summed E-state index contributed by atoms with van der Waals surface area (Å²) in [4.78, 5) is 21.8. The number of carbonyl (C=O) groups excluding carboxylic acids is 1. The second kappa shape index (κ2) is 8.12. The first kappa shape index (κ1) is 18.8. The number of carbonyl (C=O) groups is 1. The maximum Gasteiger partial charge on any atom is 0.268 e. The Morgan fingerprint density at radius 1 is 1.22 bits per heavy atom. The van der Waals surface area contributed by atoms with E-state index in [1.54, 1.807) is 4.90 Å². The molecule has 142 valence electrons. The van der Waals surface area contributed by atoms with Gasteiger partial charge in [-0.1, -0.05) is 23.4 Å². The van der Waals surface area contributed by atoms with Crippen LogP contribution in [0.4, 0.5) is 11.4 Å². The SMILES string of the molecule is CC1CCc2ccccc2N1C(=O)CO/N=C(\N)c1ccc(N(C)C)cc1. The number of nitrogens with two attached hydrogens (primary N) is 1. The fraction of sp³-hybridized carbons (Fsp3) is 0.333. The number of rotatable bonds is 5.